The van der Waals surface area contributed by atoms with Crippen molar-refractivity contribution in [2.45, 2.75) is 12.3 Å². The van der Waals surface area contributed by atoms with Crippen molar-refractivity contribution in [2.24, 2.45) is 0 Å². The summed E-state index contributed by atoms with van der Waals surface area (Å²) in [4.78, 5) is 2.68. The number of thiophene rings is 1. The van der Waals surface area contributed by atoms with E-state index in [1.165, 1.54) is 135 Å². The topological polar surface area (TPSA) is 0 Å². The van der Waals surface area contributed by atoms with E-state index in [2.05, 4.69) is 249 Å². The Morgan fingerprint density at radius 1 is 0.304 bits per heavy atom. The van der Waals surface area contributed by atoms with Crippen molar-refractivity contribution < 1.29 is 0 Å². The van der Waals surface area contributed by atoms with Gasteiger partial charge in [0, 0.05) is 15.7 Å². The maximum Gasteiger partial charge on any atom is 0.0346 e. The quantitative estimate of drug-likeness (QED) is 0.146. The third kappa shape index (κ3) is 6.65. The van der Waals surface area contributed by atoms with Crippen molar-refractivity contribution in [2.75, 3.05) is 0 Å². The highest BCUT2D eigenvalue weighted by molar-refractivity contribution is 7.15. The number of hydrogen-bond donors (Lipinski definition) is 0. The molecule has 0 N–H and O–H groups in total. The molecule has 0 spiro atoms. The molecule has 1 aromatic heterocycles. The molecule has 1 unspecified atom stereocenters. The van der Waals surface area contributed by atoms with Crippen LogP contribution >= 0.6 is 11.3 Å². The predicted molar refractivity (Wildman–Crippen MR) is 300 cm³/mol. The van der Waals surface area contributed by atoms with Crippen LogP contribution in [0.4, 0.5) is 0 Å². The zero-order valence-electron chi connectivity index (χ0n) is 37.9. The lowest BCUT2D eigenvalue weighted by atomic mass is 9.83. The van der Waals surface area contributed by atoms with Gasteiger partial charge in [0.2, 0.25) is 0 Å². The summed E-state index contributed by atoms with van der Waals surface area (Å²) in [5, 5.41) is 17.8. The van der Waals surface area contributed by atoms with Crippen molar-refractivity contribution >= 4 is 92.3 Å². The summed E-state index contributed by atoms with van der Waals surface area (Å²) < 4.78 is 0. The number of rotatable bonds is 6. The predicted octanol–water partition coefficient (Wildman–Crippen LogP) is 19.6. The first-order valence-corrected chi connectivity index (χ1v) is 24.9. The highest BCUT2D eigenvalue weighted by atomic mass is 32.1. The fourth-order valence-corrected chi connectivity index (χ4v) is 12.6. The summed E-state index contributed by atoms with van der Waals surface area (Å²) in [6.45, 7) is 0. The van der Waals surface area contributed by atoms with Crippen LogP contribution in [0.15, 0.2) is 249 Å². The molecule has 69 heavy (non-hydrogen) atoms. The smallest absolute Gasteiger partial charge is 0.0346 e. The van der Waals surface area contributed by atoms with Gasteiger partial charge in [-0.15, -0.1) is 11.3 Å². The fourth-order valence-electron chi connectivity index (χ4n) is 11.5. The molecule has 0 radical (unpaired) electrons. The molecule has 322 valence electrons. The molecule has 1 heteroatoms. The Hall–Kier alpha value is -8.36. The monoisotopic (exact) mass is 892 g/mol. The van der Waals surface area contributed by atoms with Crippen molar-refractivity contribution in [3.05, 3.63) is 259 Å². The summed E-state index contributed by atoms with van der Waals surface area (Å²) in [5.41, 5.74) is 11.5. The minimum atomic E-state index is 0.305. The fraction of sp³-hybridized carbons (Fsp3) is 0.0294. The Kier molecular flexibility index (Phi) is 9.32. The minimum absolute atomic E-state index is 0.305. The molecular formula is C68H44S. The first-order chi connectivity index (χ1) is 34.2. The van der Waals surface area contributed by atoms with Gasteiger partial charge in [-0.05, 0) is 168 Å². The van der Waals surface area contributed by atoms with Crippen molar-refractivity contribution in [3.8, 4) is 43.8 Å². The normalized spacial score (nSPS) is 13.9. The van der Waals surface area contributed by atoms with Crippen LogP contribution in [0, 0.1) is 0 Å². The van der Waals surface area contributed by atoms with E-state index in [9.17, 15) is 0 Å². The zero-order chi connectivity index (χ0) is 45.4. The standard InChI is InChI=1S/C68H44S/c1-4-16-48-39-52(32-25-43(48)13-1)66-57-21-9-7-19-55(57)65(56-20-8-10-22-58(56)66)47-30-28-46(29-31-47)63-37-38-64(69-63)51-35-36-61-62(42-51)68(54-34-27-45-15-3-6-18-50(45)41-54)60-24-12-11-23-59(60)67(61)53-33-26-44-14-2-5-17-49(44)40-53/h1-28,30-42,46H,29H2. The number of benzene rings is 12. The van der Waals surface area contributed by atoms with Crippen LogP contribution in [0.1, 0.15) is 22.8 Å². The van der Waals surface area contributed by atoms with Crippen molar-refractivity contribution in [3.63, 3.8) is 0 Å². The molecule has 14 rings (SSSR count). The highest BCUT2D eigenvalue weighted by Gasteiger charge is 2.22. The van der Waals surface area contributed by atoms with E-state index < -0.39 is 0 Å². The first-order valence-electron chi connectivity index (χ1n) is 24.1. The van der Waals surface area contributed by atoms with E-state index in [0.29, 0.717) is 5.92 Å². The maximum atomic E-state index is 2.49. The zero-order valence-corrected chi connectivity index (χ0v) is 38.7. The summed E-state index contributed by atoms with van der Waals surface area (Å²) >= 11 is 1.93. The van der Waals surface area contributed by atoms with E-state index in [1.807, 2.05) is 11.3 Å². The molecule has 0 nitrogen and oxygen atoms in total. The summed E-state index contributed by atoms with van der Waals surface area (Å²) in [5.74, 6) is 0.305. The third-order valence-corrected chi connectivity index (χ3v) is 16.0. The van der Waals surface area contributed by atoms with Crippen LogP contribution in [0.3, 0.4) is 0 Å². The van der Waals surface area contributed by atoms with E-state index in [1.54, 1.807) is 0 Å². The second kappa shape index (κ2) is 16.2. The van der Waals surface area contributed by atoms with Crippen LogP contribution in [0.25, 0.3) is 125 Å². The van der Waals surface area contributed by atoms with Crippen LogP contribution in [-0.4, -0.2) is 0 Å². The molecule has 0 aliphatic heterocycles. The molecule has 12 aromatic carbocycles. The molecule has 1 aliphatic carbocycles. The molecule has 0 saturated heterocycles. The van der Waals surface area contributed by atoms with Crippen LogP contribution in [0.2, 0.25) is 0 Å². The lowest BCUT2D eigenvalue weighted by molar-refractivity contribution is 0.877. The Labute approximate surface area is 405 Å². The molecule has 0 fully saturated rings. The van der Waals surface area contributed by atoms with Crippen LogP contribution in [-0.2, 0) is 0 Å². The van der Waals surface area contributed by atoms with E-state index in [4.69, 9.17) is 0 Å². The van der Waals surface area contributed by atoms with E-state index in [0.717, 1.165) is 6.42 Å². The average molecular weight is 893 g/mol. The van der Waals surface area contributed by atoms with Crippen LogP contribution in [0.5, 0.6) is 0 Å². The molecule has 1 heterocycles. The Morgan fingerprint density at radius 2 is 0.696 bits per heavy atom. The molecule has 13 aromatic rings. The number of hydrogen-bond acceptors (Lipinski definition) is 1. The average Bonchev–Trinajstić information content (AvgIpc) is 3.92. The number of allylic oxidation sites excluding steroid dienone is 4. The SMILES string of the molecule is C1=CC(c2ccc(-c3ccc4c(-c5ccc6ccccc6c5)c5ccccc5c(-c5ccc6ccccc6c5)c4c3)s2)CC=C1c1c2ccccc2c(-c2ccc3ccccc3c2)c2ccccc12. The second-order valence-electron chi connectivity index (χ2n) is 18.6. The van der Waals surface area contributed by atoms with Gasteiger partial charge in [-0.2, -0.15) is 0 Å². The Bertz CT molecular complexity index is 4230. The second-order valence-corrected chi connectivity index (χ2v) is 19.8. The summed E-state index contributed by atoms with van der Waals surface area (Å²) in [6.07, 6.45) is 8.28. The van der Waals surface area contributed by atoms with Gasteiger partial charge in [-0.3, -0.25) is 0 Å². The Balaban J connectivity index is 0.861. The van der Waals surface area contributed by atoms with Crippen LogP contribution < -0.4 is 0 Å². The number of fused-ring (bicyclic) bond motifs is 7. The van der Waals surface area contributed by atoms with Gasteiger partial charge in [0.15, 0.2) is 0 Å². The van der Waals surface area contributed by atoms with Crippen molar-refractivity contribution in [1.82, 2.24) is 0 Å². The summed E-state index contributed by atoms with van der Waals surface area (Å²) in [6, 6.07) is 85.9. The van der Waals surface area contributed by atoms with Gasteiger partial charge in [-0.25, -0.2) is 0 Å². The van der Waals surface area contributed by atoms with Gasteiger partial charge in [-0.1, -0.05) is 212 Å². The highest BCUT2D eigenvalue weighted by Crippen LogP contribution is 2.48. The van der Waals surface area contributed by atoms with E-state index in [-0.39, 0.29) is 0 Å². The third-order valence-electron chi connectivity index (χ3n) is 14.7. The molecule has 0 bridgehead atoms. The van der Waals surface area contributed by atoms with E-state index >= 15 is 0 Å². The van der Waals surface area contributed by atoms with Gasteiger partial charge >= 0.3 is 0 Å². The lowest BCUT2D eigenvalue weighted by Crippen LogP contribution is -1.98. The van der Waals surface area contributed by atoms with Gasteiger partial charge in [0.1, 0.15) is 0 Å². The van der Waals surface area contributed by atoms with Gasteiger partial charge in [0.25, 0.3) is 0 Å². The molecular weight excluding hydrogens is 849 g/mol. The molecule has 1 atom stereocenters. The maximum absolute atomic E-state index is 2.49. The Morgan fingerprint density at radius 3 is 1.14 bits per heavy atom. The minimum Gasteiger partial charge on any atom is -0.140 e. The molecule has 0 saturated carbocycles. The van der Waals surface area contributed by atoms with Gasteiger partial charge in [0.05, 0.1) is 0 Å². The summed E-state index contributed by atoms with van der Waals surface area (Å²) in [7, 11) is 0. The van der Waals surface area contributed by atoms with Gasteiger partial charge < -0.3 is 0 Å². The first kappa shape index (κ1) is 39.8. The largest absolute Gasteiger partial charge is 0.140 e. The van der Waals surface area contributed by atoms with Crippen molar-refractivity contribution in [1.29, 1.82) is 0 Å². The molecule has 0 amide bonds. The lowest BCUT2D eigenvalue weighted by Gasteiger charge is -2.21. The molecule has 1 aliphatic rings.